The second-order valence-corrected chi connectivity index (χ2v) is 3.82. The van der Waals surface area contributed by atoms with Crippen molar-refractivity contribution in [1.82, 2.24) is 5.32 Å². The third-order valence-electron chi connectivity index (χ3n) is 2.28. The van der Waals surface area contributed by atoms with E-state index in [1.807, 2.05) is 0 Å². The highest BCUT2D eigenvalue weighted by atomic mass is 16.2. The average Bonchev–Trinajstić information content (AvgIpc) is 2.31. The summed E-state index contributed by atoms with van der Waals surface area (Å²) in [5, 5.41) is 5.22. The molecule has 0 spiro atoms. The molecule has 0 aliphatic rings. The Hall–Kier alpha value is -1.88. The van der Waals surface area contributed by atoms with Crippen LogP contribution in [0.25, 0.3) is 0 Å². The summed E-state index contributed by atoms with van der Waals surface area (Å²) in [6, 6.07) is 6.55. The molecule has 0 aliphatic carbocycles. The first kappa shape index (κ1) is 13.2. The van der Waals surface area contributed by atoms with Gasteiger partial charge in [-0.25, -0.2) is 0 Å². The fourth-order valence-corrected chi connectivity index (χ4v) is 1.24. The predicted octanol–water partition coefficient (Wildman–Crippen LogP) is 0.261. The second-order valence-electron chi connectivity index (χ2n) is 3.82. The van der Waals surface area contributed by atoms with Crippen LogP contribution in [0.5, 0.6) is 0 Å². The predicted molar refractivity (Wildman–Crippen MR) is 66.5 cm³/mol. The highest BCUT2D eigenvalue weighted by Gasteiger charge is 2.07. The molecule has 0 fully saturated rings. The van der Waals surface area contributed by atoms with E-state index in [9.17, 15) is 9.59 Å². The van der Waals surface area contributed by atoms with Gasteiger partial charge >= 0.3 is 0 Å². The minimum atomic E-state index is -0.541. The number of amides is 2. The quantitative estimate of drug-likeness (QED) is 0.700. The van der Waals surface area contributed by atoms with E-state index in [-0.39, 0.29) is 11.8 Å². The average molecular weight is 235 g/mol. The molecule has 0 unspecified atom stereocenters. The highest BCUT2D eigenvalue weighted by Crippen LogP contribution is 2.10. The van der Waals surface area contributed by atoms with Crippen LogP contribution in [0.3, 0.4) is 0 Å². The van der Waals surface area contributed by atoms with Crippen molar-refractivity contribution in [3.05, 3.63) is 29.8 Å². The maximum Gasteiger partial charge on any atom is 0.240 e. The van der Waals surface area contributed by atoms with Gasteiger partial charge in [0.2, 0.25) is 11.8 Å². The summed E-state index contributed by atoms with van der Waals surface area (Å²) < 4.78 is 0. The van der Waals surface area contributed by atoms with Gasteiger partial charge in [0.05, 0.1) is 12.5 Å². The summed E-state index contributed by atoms with van der Waals surface area (Å²) in [6.07, 6.45) is 0.331. The molecule has 0 bridgehead atoms. The number of carbonyl (C=O) groups is 2. The number of likely N-dealkylation sites (N-methyl/N-ethyl adjacent to an activating group) is 1. The van der Waals surface area contributed by atoms with E-state index in [1.54, 1.807) is 38.2 Å². The first-order chi connectivity index (χ1) is 8.02. The summed E-state index contributed by atoms with van der Waals surface area (Å²) in [5.74, 6) is -0.276. The lowest BCUT2D eigenvalue weighted by molar-refractivity contribution is -0.120. The standard InChI is InChI=1S/C12H17N3O2/c1-8(13)12(17)15-10-5-3-9(4-6-10)7-11(16)14-2/h3-6,8H,7,13H2,1-2H3,(H,14,16)(H,15,17)/t8-/m0/s1. The Bertz CT molecular complexity index is 399. The van der Waals surface area contributed by atoms with E-state index in [1.165, 1.54) is 0 Å². The molecule has 0 saturated carbocycles. The maximum absolute atomic E-state index is 11.3. The van der Waals surface area contributed by atoms with Crippen molar-refractivity contribution in [3.63, 3.8) is 0 Å². The molecule has 5 nitrogen and oxygen atoms in total. The number of hydrogen-bond acceptors (Lipinski definition) is 3. The number of benzene rings is 1. The van der Waals surface area contributed by atoms with E-state index in [4.69, 9.17) is 5.73 Å². The number of anilines is 1. The summed E-state index contributed by atoms with van der Waals surface area (Å²) in [7, 11) is 1.60. The third kappa shape index (κ3) is 4.24. The Morgan fingerprint density at radius 2 is 1.88 bits per heavy atom. The van der Waals surface area contributed by atoms with Gasteiger partial charge in [0, 0.05) is 12.7 Å². The van der Waals surface area contributed by atoms with Crippen molar-refractivity contribution in [2.45, 2.75) is 19.4 Å². The second kappa shape index (κ2) is 6.00. The molecular formula is C12H17N3O2. The molecule has 1 rings (SSSR count). The molecule has 1 aromatic rings. The minimum Gasteiger partial charge on any atom is -0.359 e. The van der Waals surface area contributed by atoms with Gasteiger partial charge in [-0.15, -0.1) is 0 Å². The summed E-state index contributed by atoms with van der Waals surface area (Å²) in [5.41, 5.74) is 7.00. The number of nitrogens with one attached hydrogen (secondary N) is 2. The van der Waals surface area contributed by atoms with E-state index in [0.29, 0.717) is 12.1 Å². The Kier molecular flexibility index (Phi) is 4.66. The Morgan fingerprint density at radius 3 is 2.35 bits per heavy atom. The zero-order chi connectivity index (χ0) is 12.8. The Morgan fingerprint density at radius 1 is 1.29 bits per heavy atom. The normalized spacial score (nSPS) is 11.7. The summed E-state index contributed by atoms with van der Waals surface area (Å²) >= 11 is 0. The van der Waals surface area contributed by atoms with Crippen LogP contribution in [0, 0.1) is 0 Å². The smallest absolute Gasteiger partial charge is 0.240 e. The molecular weight excluding hydrogens is 218 g/mol. The van der Waals surface area contributed by atoms with Crippen molar-refractivity contribution >= 4 is 17.5 Å². The largest absolute Gasteiger partial charge is 0.359 e. The van der Waals surface area contributed by atoms with Crippen LogP contribution in [0.15, 0.2) is 24.3 Å². The van der Waals surface area contributed by atoms with Gasteiger partial charge in [0.15, 0.2) is 0 Å². The van der Waals surface area contributed by atoms with Gasteiger partial charge in [-0.2, -0.15) is 0 Å². The Labute approximate surface area is 100 Å². The first-order valence-electron chi connectivity index (χ1n) is 5.39. The molecule has 5 heteroatoms. The maximum atomic E-state index is 11.3. The molecule has 0 aromatic heterocycles. The van der Waals surface area contributed by atoms with Gasteiger partial charge in [0.25, 0.3) is 0 Å². The van der Waals surface area contributed by atoms with Crippen LogP contribution in [0.1, 0.15) is 12.5 Å². The molecule has 17 heavy (non-hydrogen) atoms. The molecule has 4 N–H and O–H groups in total. The van der Waals surface area contributed by atoms with Gasteiger partial charge < -0.3 is 16.4 Å². The van der Waals surface area contributed by atoms with E-state index in [2.05, 4.69) is 10.6 Å². The fraction of sp³-hybridized carbons (Fsp3) is 0.333. The van der Waals surface area contributed by atoms with Crippen molar-refractivity contribution in [3.8, 4) is 0 Å². The van der Waals surface area contributed by atoms with Crippen molar-refractivity contribution < 1.29 is 9.59 Å². The monoisotopic (exact) mass is 235 g/mol. The zero-order valence-electron chi connectivity index (χ0n) is 9.99. The molecule has 1 atom stereocenters. The first-order valence-corrected chi connectivity index (χ1v) is 5.39. The van der Waals surface area contributed by atoms with Crippen molar-refractivity contribution in [2.75, 3.05) is 12.4 Å². The molecule has 92 valence electrons. The lowest BCUT2D eigenvalue weighted by Gasteiger charge is -2.08. The minimum absolute atomic E-state index is 0.0441. The lowest BCUT2D eigenvalue weighted by atomic mass is 10.1. The summed E-state index contributed by atoms with van der Waals surface area (Å²) in [6.45, 7) is 1.62. The third-order valence-corrected chi connectivity index (χ3v) is 2.28. The van der Waals surface area contributed by atoms with Gasteiger partial charge in [0.1, 0.15) is 0 Å². The zero-order valence-corrected chi connectivity index (χ0v) is 9.99. The number of rotatable bonds is 4. The van der Waals surface area contributed by atoms with Crippen LogP contribution in [-0.4, -0.2) is 24.9 Å². The van der Waals surface area contributed by atoms with Crippen molar-refractivity contribution in [2.24, 2.45) is 5.73 Å². The van der Waals surface area contributed by atoms with Crippen LogP contribution < -0.4 is 16.4 Å². The van der Waals surface area contributed by atoms with Crippen molar-refractivity contribution in [1.29, 1.82) is 0 Å². The van der Waals surface area contributed by atoms with Crippen LogP contribution >= 0.6 is 0 Å². The van der Waals surface area contributed by atoms with Gasteiger partial charge in [-0.05, 0) is 24.6 Å². The van der Waals surface area contributed by atoms with E-state index in [0.717, 1.165) is 5.56 Å². The molecule has 0 heterocycles. The highest BCUT2D eigenvalue weighted by molar-refractivity contribution is 5.94. The van der Waals surface area contributed by atoms with Gasteiger partial charge in [-0.1, -0.05) is 12.1 Å². The summed E-state index contributed by atoms with van der Waals surface area (Å²) in [4.78, 5) is 22.5. The molecule has 0 saturated heterocycles. The fourth-order valence-electron chi connectivity index (χ4n) is 1.24. The Balaban J connectivity index is 2.62. The molecule has 1 aromatic carbocycles. The van der Waals surface area contributed by atoms with Crippen LogP contribution in [-0.2, 0) is 16.0 Å². The number of carbonyl (C=O) groups excluding carboxylic acids is 2. The van der Waals surface area contributed by atoms with Crippen LogP contribution in [0.2, 0.25) is 0 Å². The van der Waals surface area contributed by atoms with Crippen LogP contribution in [0.4, 0.5) is 5.69 Å². The molecule has 2 amide bonds. The molecule has 0 aliphatic heterocycles. The van der Waals surface area contributed by atoms with E-state index >= 15 is 0 Å². The number of nitrogens with two attached hydrogens (primary N) is 1. The topological polar surface area (TPSA) is 84.2 Å². The van der Waals surface area contributed by atoms with Gasteiger partial charge in [-0.3, -0.25) is 9.59 Å². The number of hydrogen-bond donors (Lipinski definition) is 3. The lowest BCUT2D eigenvalue weighted by Crippen LogP contribution is -2.32. The molecule has 0 radical (unpaired) electrons. The SMILES string of the molecule is CNC(=O)Cc1ccc(NC(=O)[C@H](C)N)cc1. The van der Waals surface area contributed by atoms with E-state index < -0.39 is 6.04 Å².